The number of aromatic nitrogens is 2. The van der Waals surface area contributed by atoms with Gasteiger partial charge in [0.15, 0.2) is 0 Å². The highest BCUT2D eigenvalue weighted by atomic mass is 16.2. The Morgan fingerprint density at radius 3 is 2.62 bits per heavy atom. The van der Waals surface area contributed by atoms with E-state index in [9.17, 15) is 4.79 Å². The van der Waals surface area contributed by atoms with Gasteiger partial charge in [-0.15, -0.1) is 0 Å². The molecule has 0 saturated carbocycles. The Bertz CT molecular complexity index is 1210. The molecule has 1 aliphatic rings. The van der Waals surface area contributed by atoms with Gasteiger partial charge in [0, 0.05) is 60.7 Å². The van der Waals surface area contributed by atoms with Crippen LogP contribution in [-0.2, 0) is 13.0 Å². The van der Waals surface area contributed by atoms with Crippen molar-refractivity contribution in [2.24, 2.45) is 5.92 Å². The smallest absolute Gasteiger partial charge is 0.253 e. The molecule has 1 atom stereocenters. The summed E-state index contributed by atoms with van der Waals surface area (Å²) in [6.45, 7) is 2.49. The molecular formula is C29H32N4O. The second-order valence-electron chi connectivity index (χ2n) is 9.44. The van der Waals surface area contributed by atoms with E-state index < -0.39 is 0 Å². The molecule has 0 radical (unpaired) electrons. The first-order valence-corrected chi connectivity index (χ1v) is 12.2. The summed E-state index contributed by atoms with van der Waals surface area (Å²) in [6.07, 6.45) is 8.75. The van der Waals surface area contributed by atoms with Crippen molar-refractivity contribution in [2.45, 2.75) is 31.8 Å². The molecular weight excluding hydrogens is 420 g/mol. The van der Waals surface area contributed by atoms with Crippen LogP contribution in [0.25, 0.3) is 10.9 Å². The molecule has 1 aliphatic heterocycles. The van der Waals surface area contributed by atoms with E-state index in [2.05, 4.69) is 58.3 Å². The number of fused-ring (bicyclic) bond motifs is 1. The number of nitrogens with one attached hydrogen (secondary N) is 1. The summed E-state index contributed by atoms with van der Waals surface area (Å²) in [4.78, 5) is 25.2. The van der Waals surface area contributed by atoms with Gasteiger partial charge in [0.05, 0.1) is 0 Å². The van der Waals surface area contributed by atoms with Gasteiger partial charge in [-0.05, 0) is 73.7 Å². The molecule has 0 unspecified atom stereocenters. The second-order valence-corrected chi connectivity index (χ2v) is 9.44. The van der Waals surface area contributed by atoms with Gasteiger partial charge in [-0.25, -0.2) is 0 Å². The number of carbonyl (C=O) groups is 1. The average Bonchev–Trinajstić information content (AvgIpc) is 3.36. The summed E-state index contributed by atoms with van der Waals surface area (Å²) in [7, 11) is 2.23. The Kier molecular flexibility index (Phi) is 6.72. The lowest BCUT2D eigenvalue weighted by molar-refractivity contribution is 0.0603. The first-order valence-electron chi connectivity index (χ1n) is 12.2. The lowest BCUT2D eigenvalue weighted by Crippen LogP contribution is -2.46. The van der Waals surface area contributed by atoms with E-state index in [-0.39, 0.29) is 5.91 Å². The fourth-order valence-electron chi connectivity index (χ4n) is 5.29. The van der Waals surface area contributed by atoms with Crippen LogP contribution in [0.4, 0.5) is 0 Å². The van der Waals surface area contributed by atoms with Crippen LogP contribution in [0.3, 0.4) is 0 Å². The summed E-state index contributed by atoms with van der Waals surface area (Å²) in [5, 5.41) is 1.08. The number of likely N-dealkylation sites (tertiary alicyclic amines) is 1. The van der Waals surface area contributed by atoms with Crippen molar-refractivity contribution >= 4 is 16.8 Å². The van der Waals surface area contributed by atoms with Gasteiger partial charge in [-0.1, -0.05) is 36.4 Å². The zero-order valence-electron chi connectivity index (χ0n) is 19.7. The summed E-state index contributed by atoms with van der Waals surface area (Å²) in [6, 6.07) is 23.3. The number of benzene rings is 2. The van der Waals surface area contributed by atoms with Gasteiger partial charge in [0.1, 0.15) is 0 Å². The van der Waals surface area contributed by atoms with Gasteiger partial charge in [0.2, 0.25) is 0 Å². The molecule has 1 N–H and O–H groups in total. The van der Waals surface area contributed by atoms with E-state index in [1.165, 1.54) is 11.1 Å². The van der Waals surface area contributed by atoms with E-state index in [1.807, 2.05) is 53.8 Å². The van der Waals surface area contributed by atoms with Gasteiger partial charge < -0.3 is 9.88 Å². The molecule has 5 heteroatoms. The standard InChI is InChI=1S/C29H32N4O/c1-32(21-23-8-5-14-30-20-23)28(18-22-6-3-2-4-7-22)24-12-16-33(17-13-24)29(34)26-9-10-27-25(19-26)11-15-31-27/h2-11,14-15,19-20,24,28,31H,12-13,16-18,21H2,1H3/t28-/m0/s1. The Hall–Kier alpha value is -3.44. The van der Waals surface area contributed by atoms with Gasteiger partial charge in [0.25, 0.3) is 5.91 Å². The van der Waals surface area contributed by atoms with Crippen LogP contribution < -0.4 is 0 Å². The summed E-state index contributed by atoms with van der Waals surface area (Å²) in [5.74, 6) is 0.683. The van der Waals surface area contributed by atoms with E-state index in [1.54, 1.807) is 0 Å². The highest BCUT2D eigenvalue weighted by Gasteiger charge is 2.31. The Morgan fingerprint density at radius 2 is 1.85 bits per heavy atom. The van der Waals surface area contributed by atoms with Crippen LogP contribution in [0.5, 0.6) is 0 Å². The number of aromatic amines is 1. The highest BCUT2D eigenvalue weighted by molar-refractivity contribution is 5.98. The minimum atomic E-state index is 0.143. The number of rotatable bonds is 7. The predicted molar refractivity (Wildman–Crippen MR) is 137 cm³/mol. The maximum atomic E-state index is 13.2. The zero-order valence-corrected chi connectivity index (χ0v) is 19.7. The minimum Gasteiger partial charge on any atom is -0.361 e. The maximum absolute atomic E-state index is 13.2. The number of carbonyl (C=O) groups excluding carboxylic acids is 1. The number of nitrogens with zero attached hydrogens (tertiary/aromatic N) is 3. The summed E-state index contributed by atoms with van der Waals surface area (Å²) < 4.78 is 0. The number of hydrogen-bond acceptors (Lipinski definition) is 3. The molecule has 0 spiro atoms. The first kappa shape index (κ1) is 22.4. The van der Waals surface area contributed by atoms with Crippen molar-refractivity contribution in [2.75, 3.05) is 20.1 Å². The van der Waals surface area contributed by atoms with Crippen LogP contribution >= 0.6 is 0 Å². The lowest BCUT2D eigenvalue weighted by Gasteiger charge is -2.40. The third kappa shape index (κ3) is 5.05. The van der Waals surface area contributed by atoms with E-state index >= 15 is 0 Å². The number of pyridine rings is 1. The highest BCUT2D eigenvalue weighted by Crippen LogP contribution is 2.28. The van der Waals surface area contributed by atoms with Crippen LogP contribution in [0.1, 0.15) is 34.3 Å². The average molecular weight is 453 g/mol. The minimum absolute atomic E-state index is 0.143. The summed E-state index contributed by atoms with van der Waals surface area (Å²) in [5.41, 5.74) is 4.44. The molecule has 1 fully saturated rings. The van der Waals surface area contributed by atoms with Crippen molar-refractivity contribution < 1.29 is 4.79 Å². The number of likely N-dealkylation sites (N-methyl/N-ethyl adjacent to an activating group) is 1. The Balaban J connectivity index is 1.28. The SMILES string of the molecule is CN(Cc1cccnc1)[C@@H](Cc1ccccc1)C1CCN(C(=O)c2ccc3[nH]ccc3c2)CC1. The first-order chi connectivity index (χ1) is 16.7. The molecule has 0 aliphatic carbocycles. The molecule has 34 heavy (non-hydrogen) atoms. The number of hydrogen-bond donors (Lipinski definition) is 1. The van der Waals surface area contributed by atoms with Gasteiger partial charge in [-0.3, -0.25) is 14.7 Å². The lowest BCUT2D eigenvalue weighted by atomic mass is 9.84. The largest absolute Gasteiger partial charge is 0.361 e. The molecule has 0 bridgehead atoms. The van der Waals surface area contributed by atoms with E-state index in [4.69, 9.17) is 0 Å². The fourth-order valence-corrected chi connectivity index (χ4v) is 5.29. The second kappa shape index (κ2) is 10.2. The van der Waals surface area contributed by atoms with Crippen molar-refractivity contribution in [3.05, 3.63) is 102 Å². The van der Waals surface area contributed by atoms with Crippen LogP contribution in [0.15, 0.2) is 85.3 Å². The van der Waals surface area contributed by atoms with Crippen molar-refractivity contribution in [1.82, 2.24) is 19.8 Å². The van der Waals surface area contributed by atoms with Crippen LogP contribution in [-0.4, -0.2) is 51.9 Å². The summed E-state index contributed by atoms with van der Waals surface area (Å²) >= 11 is 0. The third-order valence-electron chi connectivity index (χ3n) is 7.18. The molecule has 2 aromatic carbocycles. The van der Waals surface area contributed by atoms with Gasteiger partial charge in [-0.2, -0.15) is 0 Å². The van der Waals surface area contributed by atoms with Crippen LogP contribution in [0.2, 0.25) is 0 Å². The normalized spacial score (nSPS) is 15.6. The van der Waals surface area contributed by atoms with Crippen LogP contribution in [0, 0.1) is 5.92 Å². The van der Waals surface area contributed by atoms with E-state index in [0.29, 0.717) is 12.0 Å². The molecule has 4 aromatic rings. The Morgan fingerprint density at radius 1 is 1.06 bits per heavy atom. The van der Waals surface area contributed by atoms with Gasteiger partial charge >= 0.3 is 0 Å². The Labute approximate surface area is 201 Å². The molecule has 1 saturated heterocycles. The zero-order chi connectivity index (χ0) is 23.3. The van der Waals surface area contributed by atoms with Crippen molar-refractivity contribution in [1.29, 1.82) is 0 Å². The monoisotopic (exact) mass is 452 g/mol. The maximum Gasteiger partial charge on any atom is 0.253 e. The topological polar surface area (TPSA) is 52.2 Å². The third-order valence-corrected chi connectivity index (χ3v) is 7.18. The molecule has 174 valence electrons. The number of piperidine rings is 1. The van der Waals surface area contributed by atoms with Crippen molar-refractivity contribution in [3.63, 3.8) is 0 Å². The van der Waals surface area contributed by atoms with E-state index in [0.717, 1.165) is 55.4 Å². The molecule has 1 amide bonds. The molecule has 5 nitrogen and oxygen atoms in total. The molecule has 2 aromatic heterocycles. The number of amides is 1. The molecule has 5 rings (SSSR count). The quantitative estimate of drug-likeness (QED) is 0.421. The molecule has 3 heterocycles. The predicted octanol–water partition coefficient (Wildman–Crippen LogP) is 5.16. The van der Waals surface area contributed by atoms with Crippen molar-refractivity contribution in [3.8, 4) is 0 Å². The number of H-pyrrole nitrogens is 1. The fraction of sp³-hybridized carbons (Fsp3) is 0.310.